The molecule has 31 heavy (non-hydrogen) atoms. The summed E-state index contributed by atoms with van der Waals surface area (Å²) in [4.78, 5) is 16.2. The Bertz CT molecular complexity index is 947. The summed E-state index contributed by atoms with van der Waals surface area (Å²) in [7, 11) is -4.07. The molecule has 0 saturated heterocycles. The molecule has 1 heterocycles. The lowest BCUT2D eigenvalue weighted by Gasteiger charge is -2.24. The minimum atomic E-state index is -4.07. The summed E-state index contributed by atoms with van der Waals surface area (Å²) in [6, 6.07) is 5.83. The maximum absolute atomic E-state index is 13.5. The summed E-state index contributed by atoms with van der Waals surface area (Å²) >= 11 is 0. The third-order valence-electron chi connectivity index (χ3n) is 4.28. The highest BCUT2D eigenvalue weighted by Gasteiger charge is 2.33. The van der Waals surface area contributed by atoms with Crippen LogP contribution in [0.4, 0.5) is 0 Å². The van der Waals surface area contributed by atoms with Crippen LogP contribution in [0.25, 0.3) is 0 Å². The number of pyridine rings is 1. The van der Waals surface area contributed by atoms with Crippen molar-refractivity contribution in [2.75, 3.05) is 0 Å². The molecule has 0 amide bonds. The molecule has 9 nitrogen and oxygen atoms in total. The maximum atomic E-state index is 13.5. The number of esters is 1. The number of aryl methyl sites for hydroxylation is 2. The Morgan fingerprint density at radius 1 is 1.19 bits per heavy atom. The lowest BCUT2D eigenvalue weighted by atomic mass is 10.1. The van der Waals surface area contributed by atoms with E-state index in [9.17, 15) is 19.6 Å². The molecule has 1 aromatic carbocycles. The molecule has 0 aliphatic rings. The van der Waals surface area contributed by atoms with E-state index in [2.05, 4.69) is 10.1 Å². The number of aromatic hydroxyl groups is 1. The van der Waals surface area contributed by atoms with Gasteiger partial charge in [-0.3, -0.25) is 14.3 Å². The number of benzene rings is 1. The van der Waals surface area contributed by atoms with Crippen molar-refractivity contribution in [1.29, 1.82) is 0 Å². The van der Waals surface area contributed by atoms with Crippen LogP contribution in [0.3, 0.4) is 0 Å². The largest absolute Gasteiger partial charge is 0.506 e. The quantitative estimate of drug-likeness (QED) is 0.366. The molecule has 1 unspecified atom stereocenters. The van der Waals surface area contributed by atoms with Crippen LogP contribution < -0.4 is 9.61 Å². The lowest BCUT2D eigenvalue weighted by molar-refractivity contribution is -0.149. The van der Waals surface area contributed by atoms with E-state index in [0.717, 1.165) is 5.56 Å². The van der Waals surface area contributed by atoms with Crippen molar-refractivity contribution < 1.29 is 33.4 Å². The number of aromatic nitrogens is 1. The van der Waals surface area contributed by atoms with Crippen molar-refractivity contribution in [2.45, 2.75) is 60.0 Å². The molecule has 0 spiro atoms. The van der Waals surface area contributed by atoms with Gasteiger partial charge in [-0.1, -0.05) is 17.7 Å². The van der Waals surface area contributed by atoms with Gasteiger partial charge in [-0.25, -0.2) is 4.57 Å². The van der Waals surface area contributed by atoms with Gasteiger partial charge in [0.1, 0.15) is 17.5 Å². The monoisotopic (exact) mass is 452 g/mol. The molecule has 0 fully saturated rings. The first-order valence-corrected chi connectivity index (χ1v) is 11.3. The topological polar surface area (TPSA) is 127 Å². The fraction of sp³-hybridized carbons (Fsp3) is 0.429. The Hall–Kier alpha value is -2.45. The van der Waals surface area contributed by atoms with Gasteiger partial charge in [0, 0.05) is 17.3 Å². The van der Waals surface area contributed by atoms with E-state index < -0.39 is 26.4 Å². The van der Waals surface area contributed by atoms with Crippen LogP contribution in [0.1, 0.15) is 43.2 Å². The van der Waals surface area contributed by atoms with E-state index in [1.807, 2.05) is 6.92 Å². The Balaban J connectivity index is 2.26. The van der Waals surface area contributed by atoms with Gasteiger partial charge in [0.05, 0.1) is 25.0 Å². The van der Waals surface area contributed by atoms with Crippen LogP contribution in [-0.2, 0) is 31.8 Å². The molecular weight excluding hydrogens is 423 g/mol. The maximum Gasteiger partial charge on any atom is 0.459 e. The molecule has 0 saturated carbocycles. The Labute approximate surface area is 182 Å². The Morgan fingerprint density at radius 2 is 1.84 bits per heavy atom. The highest BCUT2D eigenvalue weighted by atomic mass is 31.2. The van der Waals surface area contributed by atoms with Gasteiger partial charge in [0.2, 0.25) is 0 Å². The van der Waals surface area contributed by atoms with Crippen LogP contribution >= 0.6 is 7.75 Å². The summed E-state index contributed by atoms with van der Waals surface area (Å²) in [5.41, 5.74) is 1.87. The van der Waals surface area contributed by atoms with Gasteiger partial charge >= 0.3 is 13.7 Å². The first kappa shape index (κ1) is 24.8. The van der Waals surface area contributed by atoms with E-state index in [-0.39, 0.29) is 29.8 Å². The number of nitrogens with zero attached hydrogens (tertiary/aromatic N) is 1. The van der Waals surface area contributed by atoms with Crippen LogP contribution in [0.5, 0.6) is 11.5 Å². The highest BCUT2D eigenvalue weighted by Crippen LogP contribution is 2.46. The Morgan fingerprint density at radius 3 is 2.42 bits per heavy atom. The highest BCUT2D eigenvalue weighted by molar-refractivity contribution is 7.52. The number of rotatable bonds is 10. The summed E-state index contributed by atoms with van der Waals surface area (Å²) in [6.07, 6.45) is 1.07. The van der Waals surface area contributed by atoms with Crippen LogP contribution in [0, 0.1) is 13.8 Å². The molecule has 2 aromatic rings. The van der Waals surface area contributed by atoms with Crippen molar-refractivity contribution in [1.82, 2.24) is 10.1 Å². The van der Waals surface area contributed by atoms with Crippen LogP contribution in [0.15, 0.2) is 30.5 Å². The number of hydrogen-bond acceptors (Lipinski definition) is 8. The van der Waals surface area contributed by atoms with Crippen molar-refractivity contribution >= 4 is 13.7 Å². The molecular formula is C21H29N2O7P. The zero-order valence-corrected chi connectivity index (χ0v) is 19.2. The number of carbonyl (C=O) groups is 1. The number of carbonyl (C=O) groups excluding carboxylic acids is 1. The summed E-state index contributed by atoms with van der Waals surface area (Å²) in [6.45, 7) is 7.63. The summed E-state index contributed by atoms with van der Waals surface area (Å²) in [5.74, 6) is -0.505. The smallest absolute Gasteiger partial charge is 0.459 e. The summed E-state index contributed by atoms with van der Waals surface area (Å²) < 4.78 is 29.8. The van der Waals surface area contributed by atoms with E-state index in [4.69, 9.17) is 13.8 Å². The first-order chi connectivity index (χ1) is 14.5. The van der Waals surface area contributed by atoms with Crippen molar-refractivity contribution in [2.24, 2.45) is 0 Å². The fourth-order valence-electron chi connectivity index (χ4n) is 2.59. The van der Waals surface area contributed by atoms with Crippen molar-refractivity contribution in [3.63, 3.8) is 0 Å². The normalized spacial score (nSPS) is 14.2. The van der Waals surface area contributed by atoms with Crippen LogP contribution in [0.2, 0.25) is 0 Å². The molecule has 3 N–H and O–H groups in total. The number of nitrogens with one attached hydrogen (secondary N) is 1. The van der Waals surface area contributed by atoms with Crippen LogP contribution in [-0.4, -0.2) is 33.3 Å². The van der Waals surface area contributed by atoms with E-state index in [0.29, 0.717) is 11.3 Å². The molecule has 1 aromatic heterocycles. The lowest BCUT2D eigenvalue weighted by Crippen LogP contribution is -2.36. The zero-order valence-electron chi connectivity index (χ0n) is 18.3. The van der Waals surface area contributed by atoms with Gasteiger partial charge in [-0.05, 0) is 46.8 Å². The van der Waals surface area contributed by atoms with Gasteiger partial charge in [0.15, 0.2) is 0 Å². The molecule has 0 aliphatic carbocycles. The minimum absolute atomic E-state index is 0.167. The molecule has 2 atom stereocenters. The molecule has 10 heteroatoms. The number of ether oxygens (including phenoxy) is 1. The van der Waals surface area contributed by atoms with Gasteiger partial charge in [-0.15, -0.1) is 0 Å². The minimum Gasteiger partial charge on any atom is -0.506 e. The number of aliphatic hydroxyl groups excluding tert-OH is 1. The third-order valence-corrected chi connectivity index (χ3v) is 5.91. The molecule has 0 radical (unpaired) electrons. The summed E-state index contributed by atoms with van der Waals surface area (Å²) in [5, 5.41) is 22.3. The predicted molar refractivity (Wildman–Crippen MR) is 115 cm³/mol. The molecule has 0 aliphatic heterocycles. The van der Waals surface area contributed by atoms with Gasteiger partial charge in [-0.2, -0.15) is 5.09 Å². The number of hydrogen-bond donors (Lipinski definition) is 3. The second-order valence-electron chi connectivity index (χ2n) is 7.37. The van der Waals surface area contributed by atoms with Crippen molar-refractivity contribution in [3.05, 3.63) is 52.8 Å². The molecule has 2 rings (SSSR count). The fourth-order valence-corrected chi connectivity index (χ4v) is 4.06. The average molecular weight is 452 g/mol. The predicted octanol–water partition coefficient (Wildman–Crippen LogP) is 3.53. The average Bonchev–Trinajstić information content (AvgIpc) is 2.70. The SMILES string of the molecule is Cc1ccc(OP(=O)(N[C@@H](C)C(=O)OC(C)C)OCc2cnc(C)c(O)c2CO)cc1. The van der Waals surface area contributed by atoms with E-state index in [1.54, 1.807) is 45.0 Å². The van der Waals surface area contributed by atoms with Gasteiger partial charge in [0.25, 0.3) is 0 Å². The van der Waals surface area contributed by atoms with Gasteiger partial charge < -0.3 is 19.5 Å². The van der Waals surface area contributed by atoms with E-state index >= 15 is 0 Å². The standard InChI is InChI=1S/C21H29N2O7P/c1-13(2)29-21(26)16(5)23-31(27,30-18-8-6-14(3)7-9-18)28-12-17-10-22-15(4)20(25)19(17)11-24/h6-10,13,16,24-25H,11-12H2,1-5H3,(H,23,27)/t16-,31?/m0/s1. The van der Waals surface area contributed by atoms with E-state index in [1.165, 1.54) is 13.1 Å². The third kappa shape index (κ3) is 7.04. The molecule has 0 bridgehead atoms. The second-order valence-corrected chi connectivity index (χ2v) is 9.06. The Kier molecular flexibility index (Phi) is 8.59. The molecule has 170 valence electrons. The van der Waals surface area contributed by atoms with Crippen molar-refractivity contribution in [3.8, 4) is 11.5 Å². The number of aliphatic hydroxyl groups is 1. The zero-order chi connectivity index (χ0) is 23.2. The first-order valence-electron chi connectivity index (χ1n) is 9.81. The second kappa shape index (κ2) is 10.7.